The van der Waals surface area contributed by atoms with E-state index in [9.17, 15) is 33.6 Å². The van der Waals surface area contributed by atoms with Crippen LogP contribution in [0.15, 0.2) is 24.3 Å². The normalized spacial score (nSPS) is 20.8. The highest BCUT2D eigenvalue weighted by Crippen LogP contribution is 2.32. The van der Waals surface area contributed by atoms with E-state index in [-0.39, 0.29) is 44.0 Å². The molecule has 0 spiro atoms. The van der Waals surface area contributed by atoms with Crippen molar-refractivity contribution in [2.45, 2.75) is 117 Å². The van der Waals surface area contributed by atoms with Crippen LogP contribution >= 0.6 is 0 Å². The summed E-state index contributed by atoms with van der Waals surface area (Å²) >= 11 is 0. The molecule has 0 aliphatic carbocycles. The van der Waals surface area contributed by atoms with Crippen molar-refractivity contribution in [2.24, 2.45) is 0 Å². The third kappa shape index (κ3) is 13.9. The highest BCUT2D eigenvalue weighted by molar-refractivity contribution is 5.83. The molecule has 48 heavy (non-hydrogen) atoms. The van der Waals surface area contributed by atoms with E-state index in [0.717, 1.165) is 20.8 Å². The zero-order valence-electron chi connectivity index (χ0n) is 28.0. The Hall–Kier alpha value is -4.73. The van der Waals surface area contributed by atoms with Crippen molar-refractivity contribution in [3.63, 3.8) is 0 Å². The molecule has 0 bridgehead atoms. The number of hydrogen-bond donors (Lipinski definition) is 1. The first kappa shape index (κ1) is 39.4. The van der Waals surface area contributed by atoms with Gasteiger partial charge in [0.25, 0.3) is 0 Å². The summed E-state index contributed by atoms with van der Waals surface area (Å²) in [6.45, 7) is 8.96. The van der Waals surface area contributed by atoms with Crippen LogP contribution in [-0.4, -0.2) is 91.2 Å². The zero-order valence-corrected chi connectivity index (χ0v) is 28.0. The topological polar surface area (TPSA) is 205 Å². The van der Waals surface area contributed by atoms with Gasteiger partial charge in [0.2, 0.25) is 12.4 Å². The Bertz CT molecular complexity index is 1290. The van der Waals surface area contributed by atoms with Crippen LogP contribution in [0.3, 0.4) is 0 Å². The number of carbonyl (C=O) groups excluding carboxylic acids is 7. The predicted molar refractivity (Wildman–Crippen MR) is 162 cm³/mol. The van der Waals surface area contributed by atoms with Gasteiger partial charge in [-0.25, -0.2) is 9.59 Å². The molecule has 0 radical (unpaired) electrons. The number of Topliss-reactive ketones (excluding diaryl/α,β-unsaturated/α-hetero) is 1. The maximum absolute atomic E-state index is 12.5. The van der Waals surface area contributed by atoms with Gasteiger partial charge in [0.05, 0.1) is 12.7 Å². The molecule has 0 saturated carbocycles. The van der Waals surface area contributed by atoms with Crippen molar-refractivity contribution in [2.75, 3.05) is 6.61 Å². The Kier molecular flexibility index (Phi) is 15.8. The van der Waals surface area contributed by atoms with Crippen LogP contribution in [0.5, 0.6) is 5.75 Å². The summed E-state index contributed by atoms with van der Waals surface area (Å²) in [5, 5.41) is 2.43. The maximum Gasteiger partial charge on any atom is 0.408 e. The molecule has 266 valence electrons. The quantitative estimate of drug-likeness (QED) is 0.196. The fourth-order valence-electron chi connectivity index (χ4n) is 4.54. The minimum Gasteiger partial charge on any atom is -0.466 e. The monoisotopic (exact) mass is 681 g/mol. The SMILES string of the molecule is CC(=O)CC[C@H](NC(=O)OCc1ccc(O[C@@H]2O[C@H](CCOC(C)=O)[C@@H](OC(C)=O)[C@H](OC(C)=O)[C@H]2OC(C)=O)cc1)C(=O)OC(C)C. The Morgan fingerprint density at radius 3 is 1.90 bits per heavy atom. The van der Waals surface area contributed by atoms with Crippen LogP contribution in [0, 0.1) is 0 Å². The van der Waals surface area contributed by atoms with Crippen LogP contribution < -0.4 is 10.1 Å². The molecule has 0 aromatic heterocycles. The Morgan fingerprint density at radius 1 is 0.771 bits per heavy atom. The summed E-state index contributed by atoms with van der Waals surface area (Å²) in [5.74, 6) is -3.45. The lowest BCUT2D eigenvalue weighted by atomic mass is 9.96. The van der Waals surface area contributed by atoms with Gasteiger partial charge in [-0.05, 0) is 44.9 Å². The maximum atomic E-state index is 12.5. The van der Waals surface area contributed by atoms with Gasteiger partial charge < -0.3 is 48.0 Å². The number of esters is 5. The average Bonchev–Trinajstić information content (AvgIpc) is 2.97. The lowest BCUT2D eigenvalue weighted by Crippen LogP contribution is -2.62. The van der Waals surface area contributed by atoms with Crippen molar-refractivity contribution in [1.29, 1.82) is 0 Å². The number of ether oxygens (including phenoxy) is 8. The number of amides is 1. The third-order valence-corrected chi connectivity index (χ3v) is 6.46. The number of rotatable bonds is 16. The van der Waals surface area contributed by atoms with Gasteiger partial charge in [-0.1, -0.05) is 12.1 Å². The molecule has 0 unspecified atom stereocenters. The molecular weight excluding hydrogens is 638 g/mol. The molecule has 16 heteroatoms. The van der Waals surface area contributed by atoms with Gasteiger partial charge >= 0.3 is 35.9 Å². The number of nitrogens with one attached hydrogen (secondary N) is 1. The van der Waals surface area contributed by atoms with Crippen LogP contribution in [0.1, 0.15) is 73.3 Å². The number of carbonyl (C=O) groups is 7. The number of ketones is 1. The molecule has 1 heterocycles. The second-order valence-corrected chi connectivity index (χ2v) is 11.2. The van der Waals surface area contributed by atoms with E-state index < -0.39 is 78.8 Å². The highest BCUT2D eigenvalue weighted by atomic mass is 16.7. The summed E-state index contributed by atoms with van der Waals surface area (Å²) in [7, 11) is 0. The molecule has 1 aromatic rings. The van der Waals surface area contributed by atoms with E-state index in [1.54, 1.807) is 26.0 Å². The van der Waals surface area contributed by atoms with Gasteiger partial charge in [0.15, 0.2) is 12.2 Å². The lowest BCUT2D eigenvalue weighted by molar-refractivity contribution is -0.285. The van der Waals surface area contributed by atoms with E-state index in [2.05, 4.69) is 5.32 Å². The van der Waals surface area contributed by atoms with Crippen molar-refractivity contribution in [1.82, 2.24) is 5.32 Å². The van der Waals surface area contributed by atoms with Gasteiger partial charge in [0, 0.05) is 40.5 Å². The molecule has 1 saturated heterocycles. The summed E-state index contributed by atoms with van der Waals surface area (Å²) in [5.41, 5.74) is 0.524. The number of hydrogen-bond acceptors (Lipinski definition) is 15. The minimum atomic E-state index is -1.38. The second-order valence-electron chi connectivity index (χ2n) is 11.2. The smallest absolute Gasteiger partial charge is 0.408 e. The van der Waals surface area contributed by atoms with Gasteiger partial charge in [-0.15, -0.1) is 0 Å². The standard InChI is InChI=1S/C32H43NO15/c1-17(2)43-30(39)25(13-8-18(3)34)33-32(40)42-16-23-9-11-24(12-10-23)47-31-29(46-22(7)38)28(45-21(6)37)27(44-20(5)36)26(48-31)14-15-41-19(4)35/h9-12,17,25-29,31H,8,13-16H2,1-7H3,(H,33,40)/t25-,26+,27+,28-,29+,31+/m0/s1. The molecule has 16 nitrogen and oxygen atoms in total. The average molecular weight is 682 g/mol. The molecule has 1 N–H and O–H groups in total. The van der Waals surface area contributed by atoms with Crippen LogP contribution in [0.4, 0.5) is 4.79 Å². The molecular formula is C32H43NO15. The largest absolute Gasteiger partial charge is 0.466 e. The van der Waals surface area contributed by atoms with E-state index >= 15 is 0 Å². The molecule has 2 rings (SSSR count). The fraction of sp³-hybridized carbons (Fsp3) is 0.594. The summed E-state index contributed by atoms with van der Waals surface area (Å²) in [6, 6.07) is 5.07. The Labute approximate surface area is 278 Å². The fourth-order valence-corrected chi connectivity index (χ4v) is 4.54. The first-order valence-corrected chi connectivity index (χ1v) is 15.2. The van der Waals surface area contributed by atoms with E-state index in [4.69, 9.17) is 37.9 Å². The van der Waals surface area contributed by atoms with Crippen molar-refractivity contribution >= 4 is 41.7 Å². The first-order valence-electron chi connectivity index (χ1n) is 15.2. The Morgan fingerprint density at radius 2 is 1.35 bits per heavy atom. The van der Waals surface area contributed by atoms with Gasteiger partial charge in [-0.3, -0.25) is 19.2 Å². The van der Waals surface area contributed by atoms with Crippen molar-refractivity contribution < 1.29 is 71.5 Å². The van der Waals surface area contributed by atoms with E-state index in [0.29, 0.717) is 5.56 Å². The lowest BCUT2D eigenvalue weighted by Gasteiger charge is -2.44. The second kappa shape index (κ2) is 19.2. The van der Waals surface area contributed by atoms with Crippen LogP contribution in [0.25, 0.3) is 0 Å². The van der Waals surface area contributed by atoms with E-state index in [1.165, 1.54) is 26.0 Å². The molecule has 1 aromatic carbocycles. The van der Waals surface area contributed by atoms with Crippen molar-refractivity contribution in [3.8, 4) is 5.75 Å². The molecule has 1 fully saturated rings. The minimum absolute atomic E-state index is 0.00504. The van der Waals surface area contributed by atoms with Crippen LogP contribution in [0.2, 0.25) is 0 Å². The summed E-state index contributed by atoms with van der Waals surface area (Å²) in [6.07, 6.45) is -7.58. The predicted octanol–water partition coefficient (Wildman–Crippen LogP) is 2.45. The summed E-state index contributed by atoms with van der Waals surface area (Å²) < 4.78 is 43.7. The number of alkyl carbamates (subject to hydrolysis) is 1. The van der Waals surface area contributed by atoms with Gasteiger partial charge in [-0.2, -0.15) is 0 Å². The van der Waals surface area contributed by atoms with Gasteiger partial charge in [0.1, 0.15) is 30.3 Å². The van der Waals surface area contributed by atoms with Crippen LogP contribution in [-0.2, 0) is 68.5 Å². The van der Waals surface area contributed by atoms with Crippen molar-refractivity contribution in [3.05, 3.63) is 29.8 Å². The first-order chi connectivity index (χ1) is 22.5. The molecule has 1 aliphatic heterocycles. The third-order valence-electron chi connectivity index (χ3n) is 6.46. The zero-order chi connectivity index (χ0) is 36.0. The Balaban J connectivity index is 2.20. The molecule has 6 atom stereocenters. The molecule has 1 aliphatic rings. The molecule has 1 amide bonds. The van der Waals surface area contributed by atoms with E-state index in [1.807, 2.05) is 0 Å². The summed E-state index contributed by atoms with van der Waals surface area (Å²) in [4.78, 5) is 83.7. The number of benzene rings is 1. The highest BCUT2D eigenvalue weighted by Gasteiger charge is 2.52.